The third-order valence-electron chi connectivity index (χ3n) is 2.33. The van der Waals surface area contributed by atoms with Gasteiger partial charge in [-0.05, 0) is 27.2 Å². The van der Waals surface area contributed by atoms with Gasteiger partial charge in [0.2, 0.25) is 0 Å². The standard InChI is InChI=1S/C11H16N6/c1-9(2)15-11(3,7-13)4-5-17-8-14-10(6-12)16-17/h8-9,15H,4-5H2,1-3H3. The molecule has 0 radical (unpaired) electrons. The lowest BCUT2D eigenvalue weighted by atomic mass is 9.99. The summed E-state index contributed by atoms with van der Waals surface area (Å²) in [6, 6.07) is 4.37. The number of hydrogen-bond donors (Lipinski definition) is 1. The fourth-order valence-electron chi connectivity index (χ4n) is 1.59. The van der Waals surface area contributed by atoms with E-state index in [1.165, 1.54) is 6.33 Å². The van der Waals surface area contributed by atoms with Crippen molar-refractivity contribution in [2.45, 2.75) is 45.3 Å². The molecule has 1 atom stereocenters. The minimum atomic E-state index is -0.590. The predicted molar refractivity (Wildman–Crippen MR) is 61.6 cm³/mol. The zero-order valence-electron chi connectivity index (χ0n) is 10.3. The molecule has 0 bridgehead atoms. The molecule has 1 heterocycles. The summed E-state index contributed by atoms with van der Waals surface area (Å²) in [5.74, 6) is 0.153. The van der Waals surface area contributed by atoms with E-state index in [0.717, 1.165) is 0 Å². The second kappa shape index (κ2) is 5.42. The van der Waals surface area contributed by atoms with Gasteiger partial charge in [0.1, 0.15) is 17.9 Å². The predicted octanol–water partition coefficient (Wildman–Crippen LogP) is 0.820. The quantitative estimate of drug-likeness (QED) is 0.811. The van der Waals surface area contributed by atoms with Crippen LogP contribution in [0.4, 0.5) is 0 Å². The Morgan fingerprint density at radius 3 is 2.71 bits per heavy atom. The molecule has 17 heavy (non-hydrogen) atoms. The second-order valence-corrected chi connectivity index (χ2v) is 4.44. The molecule has 1 rings (SSSR count). The molecular weight excluding hydrogens is 216 g/mol. The fraction of sp³-hybridized carbons (Fsp3) is 0.636. The monoisotopic (exact) mass is 232 g/mol. The first kappa shape index (κ1) is 13.1. The molecule has 0 saturated carbocycles. The second-order valence-electron chi connectivity index (χ2n) is 4.44. The number of aromatic nitrogens is 3. The Kier molecular flexibility index (Phi) is 4.19. The van der Waals surface area contributed by atoms with E-state index >= 15 is 0 Å². The average molecular weight is 232 g/mol. The summed E-state index contributed by atoms with van der Waals surface area (Å²) in [5, 5.41) is 24.9. The Hall–Kier alpha value is -1.92. The SMILES string of the molecule is CC(C)NC(C)(C#N)CCn1cnc(C#N)n1. The fourth-order valence-corrected chi connectivity index (χ4v) is 1.59. The van der Waals surface area contributed by atoms with Crippen molar-refractivity contribution in [1.29, 1.82) is 10.5 Å². The molecule has 0 spiro atoms. The highest BCUT2D eigenvalue weighted by Gasteiger charge is 2.24. The highest BCUT2D eigenvalue weighted by molar-refractivity contribution is 5.06. The van der Waals surface area contributed by atoms with Crippen LogP contribution in [0.1, 0.15) is 33.0 Å². The first-order valence-electron chi connectivity index (χ1n) is 5.47. The maximum atomic E-state index is 9.15. The number of aryl methyl sites for hydroxylation is 1. The summed E-state index contributed by atoms with van der Waals surface area (Å²) in [4.78, 5) is 3.81. The summed E-state index contributed by atoms with van der Waals surface area (Å²) in [6.45, 7) is 6.41. The maximum absolute atomic E-state index is 9.15. The number of nitriles is 2. The van der Waals surface area contributed by atoms with Crippen LogP contribution in [0.25, 0.3) is 0 Å². The van der Waals surface area contributed by atoms with Crippen LogP contribution >= 0.6 is 0 Å². The van der Waals surface area contributed by atoms with Crippen molar-refractivity contribution in [3.05, 3.63) is 12.2 Å². The summed E-state index contributed by atoms with van der Waals surface area (Å²) in [5.41, 5.74) is -0.590. The van der Waals surface area contributed by atoms with Gasteiger partial charge in [-0.25, -0.2) is 4.98 Å². The number of nitrogens with one attached hydrogen (secondary N) is 1. The van der Waals surface area contributed by atoms with Crippen LogP contribution < -0.4 is 5.32 Å². The van der Waals surface area contributed by atoms with Gasteiger partial charge in [-0.15, -0.1) is 5.10 Å². The Morgan fingerprint density at radius 1 is 1.53 bits per heavy atom. The maximum Gasteiger partial charge on any atom is 0.252 e. The van der Waals surface area contributed by atoms with Gasteiger partial charge in [-0.1, -0.05) is 0 Å². The van der Waals surface area contributed by atoms with E-state index in [0.29, 0.717) is 13.0 Å². The van der Waals surface area contributed by atoms with Crippen molar-refractivity contribution in [3.8, 4) is 12.1 Å². The van der Waals surface area contributed by atoms with Crippen LogP contribution in [-0.4, -0.2) is 26.3 Å². The Labute approximate surface area is 101 Å². The van der Waals surface area contributed by atoms with Gasteiger partial charge in [-0.2, -0.15) is 10.5 Å². The van der Waals surface area contributed by atoms with Gasteiger partial charge < -0.3 is 0 Å². The van der Waals surface area contributed by atoms with Crippen molar-refractivity contribution in [1.82, 2.24) is 20.1 Å². The summed E-state index contributed by atoms with van der Waals surface area (Å²) < 4.78 is 1.58. The molecule has 0 aliphatic heterocycles. The third kappa shape index (κ3) is 3.86. The van der Waals surface area contributed by atoms with Crippen LogP contribution in [0.15, 0.2) is 6.33 Å². The van der Waals surface area contributed by atoms with Crippen LogP contribution in [0.2, 0.25) is 0 Å². The molecule has 6 heteroatoms. The topological polar surface area (TPSA) is 90.3 Å². The smallest absolute Gasteiger partial charge is 0.252 e. The molecule has 0 aliphatic rings. The van der Waals surface area contributed by atoms with E-state index in [1.54, 1.807) is 4.68 Å². The lowest BCUT2D eigenvalue weighted by Gasteiger charge is -2.25. The van der Waals surface area contributed by atoms with Gasteiger partial charge in [0, 0.05) is 12.6 Å². The van der Waals surface area contributed by atoms with E-state index < -0.39 is 5.54 Å². The van der Waals surface area contributed by atoms with E-state index in [1.807, 2.05) is 26.8 Å². The molecule has 6 nitrogen and oxygen atoms in total. The van der Waals surface area contributed by atoms with Gasteiger partial charge in [-0.3, -0.25) is 10.00 Å². The van der Waals surface area contributed by atoms with E-state index in [2.05, 4.69) is 21.5 Å². The van der Waals surface area contributed by atoms with Crippen molar-refractivity contribution in [2.75, 3.05) is 0 Å². The highest BCUT2D eigenvalue weighted by Crippen LogP contribution is 2.10. The summed E-state index contributed by atoms with van der Waals surface area (Å²) >= 11 is 0. The lowest BCUT2D eigenvalue weighted by Crippen LogP contribution is -2.45. The van der Waals surface area contributed by atoms with Gasteiger partial charge in [0.05, 0.1) is 6.07 Å². The van der Waals surface area contributed by atoms with Crippen molar-refractivity contribution < 1.29 is 0 Å². The summed E-state index contributed by atoms with van der Waals surface area (Å²) in [6.07, 6.45) is 2.11. The molecule has 0 saturated heterocycles. The largest absolute Gasteiger partial charge is 0.297 e. The van der Waals surface area contributed by atoms with Gasteiger partial charge in [0.15, 0.2) is 0 Å². The van der Waals surface area contributed by atoms with Gasteiger partial charge in [0.25, 0.3) is 5.82 Å². The molecule has 0 aliphatic carbocycles. The molecule has 0 fully saturated rings. The van der Waals surface area contributed by atoms with Crippen molar-refractivity contribution >= 4 is 0 Å². The summed E-state index contributed by atoms with van der Waals surface area (Å²) in [7, 11) is 0. The van der Waals surface area contributed by atoms with E-state index in [4.69, 9.17) is 10.5 Å². The first-order chi connectivity index (χ1) is 7.99. The molecule has 1 unspecified atom stereocenters. The van der Waals surface area contributed by atoms with E-state index in [9.17, 15) is 0 Å². The minimum Gasteiger partial charge on any atom is -0.297 e. The molecule has 0 amide bonds. The van der Waals surface area contributed by atoms with Crippen LogP contribution in [0.3, 0.4) is 0 Å². The van der Waals surface area contributed by atoms with E-state index in [-0.39, 0.29) is 11.9 Å². The molecule has 1 aromatic heterocycles. The molecular formula is C11H16N6. The Balaban J connectivity index is 2.59. The molecule has 1 N–H and O–H groups in total. The third-order valence-corrected chi connectivity index (χ3v) is 2.33. The number of hydrogen-bond acceptors (Lipinski definition) is 5. The van der Waals surface area contributed by atoms with Crippen LogP contribution in [0.5, 0.6) is 0 Å². The molecule has 0 aromatic carbocycles. The van der Waals surface area contributed by atoms with Gasteiger partial charge >= 0.3 is 0 Å². The average Bonchev–Trinajstić information content (AvgIpc) is 2.73. The van der Waals surface area contributed by atoms with Crippen molar-refractivity contribution in [3.63, 3.8) is 0 Å². The minimum absolute atomic E-state index is 0.153. The molecule has 1 aromatic rings. The zero-order valence-corrected chi connectivity index (χ0v) is 10.3. The van der Waals surface area contributed by atoms with Crippen molar-refractivity contribution in [2.24, 2.45) is 0 Å². The number of nitrogens with zero attached hydrogens (tertiary/aromatic N) is 5. The zero-order chi connectivity index (χ0) is 12.9. The van der Waals surface area contributed by atoms with Crippen LogP contribution in [0, 0.1) is 22.7 Å². The highest BCUT2D eigenvalue weighted by atomic mass is 15.3. The Bertz CT molecular complexity index is 449. The number of rotatable bonds is 5. The molecule has 90 valence electrons. The lowest BCUT2D eigenvalue weighted by molar-refractivity contribution is 0.355. The van der Waals surface area contributed by atoms with Crippen LogP contribution in [-0.2, 0) is 6.54 Å². The first-order valence-corrected chi connectivity index (χ1v) is 5.47. The Morgan fingerprint density at radius 2 is 2.24 bits per heavy atom. The normalized spacial score (nSPS) is 14.0.